The fourth-order valence-electron chi connectivity index (χ4n) is 1.78. The maximum absolute atomic E-state index is 12.3. The lowest BCUT2D eigenvalue weighted by molar-refractivity contribution is -0.144. The summed E-state index contributed by atoms with van der Waals surface area (Å²) in [7, 11) is 0. The number of carboxylic acids is 1. The van der Waals surface area contributed by atoms with Crippen molar-refractivity contribution in [3.8, 4) is 0 Å². The van der Waals surface area contributed by atoms with Gasteiger partial charge in [-0.15, -0.1) is 11.3 Å². The Morgan fingerprint density at radius 3 is 2.79 bits per heavy atom. The monoisotopic (exact) mass is 302 g/mol. The van der Waals surface area contributed by atoms with Crippen LogP contribution in [0.4, 0.5) is 0 Å². The van der Waals surface area contributed by atoms with Crippen molar-refractivity contribution in [1.82, 2.24) is 10.2 Å². The van der Waals surface area contributed by atoms with Crippen LogP contribution in [0.15, 0.2) is 5.38 Å². The topological polar surface area (TPSA) is 86.7 Å². The summed E-state index contributed by atoms with van der Waals surface area (Å²) in [6.07, 6.45) is 0. The molecule has 2 heterocycles. The van der Waals surface area contributed by atoms with Gasteiger partial charge in [0.15, 0.2) is 0 Å². The molecule has 0 aliphatic carbocycles. The molecule has 0 saturated carbocycles. The summed E-state index contributed by atoms with van der Waals surface area (Å²) < 4.78 is 0. The van der Waals surface area contributed by atoms with E-state index in [-0.39, 0.29) is 23.9 Å². The molecular formula is C11H11ClN2O4S. The number of carbonyl (C=O) groups excluding carboxylic acids is 2. The van der Waals surface area contributed by atoms with E-state index in [0.717, 1.165) is 21.8 Å². The number of rotatable bonds is 2. The van der Waals surface area contributed by atoms with Crippen LogP contribution in [0.25, 0.3) is 0 Å². The number of halogens is 1. The lowest BCUT2D eigenvalue weighted by Gasteiger charge is -2.32. The van der Waals surface area contributed by atoms with Crippen LogP contribution in [0.2, 0.25) is 5.02 Å². The van der Waals surface area contributed by atoms with Crippen molar-refractivity contribution in [3.05, 3.63) is 20.8 Å². The van der Waals surface area contributed by atoms with Crippen LogP contribution in [0, 0.1) is 6.92 Å². The second-order valence-corrected chi connectivity index (χ2v) is 5.41. The first kappa shape index (κ1) is 13.8. The van der Waals surface area contributed by atoms with Gasteiger partial charge in [0, 0.05) is 6.54 Å². The molecule has 1 fully saturated rings. The van der Waals surface area contributed by atoms with Crippen LogP contribution < -0.4 is 5.32 Å². The summed E-state index contributed by atoms with van der Waals surface area (Å²) in [6.45, 7) is 1.39. The van der Waals surface area contributed by atoms with Gasteiger partial charge in [-0.3, -0.25) is 9.59 Å². The Hall–Kier alpha value is -1.60. The molecule has 8 heteroatoms. The average molecular weight is 303 g/mol. The van der Waals surface area contributed by atoms with Gasteiger partial charge < -0.3 is 15.3 Å². The van der Waals surface area contributed by atoms with Gasteiger partial charge in [-0.05, 0) is 17.9 Å². The Morgan fingerprint density at radius 1 is 1.58 bits per heavy atom. The number of aryl methyl sites for hydroxylation is 1. The number of thiophene rings is 1. The molecule has 6 nitrogen and oxygen atoms in total. The Kier molecular flexibility index (Phi) is 3.77. The Bertz CT molecular complexity index is 557. The van der Waals surface area contributed by atoms with E-state index in [2.05, 4.69) is 5.32 Å². The highest BCUT2D eigenvalue weighted by molar-refractivity contribution is 7.13. The highest BCUT2D eigenvalue weighted by atomic mass is 35.5. The third-order valence-corrected chi connectivity index (χ3v) is 4.51. The molecule has 1 aromatic heterocycles. The number of carbonyl (C=O) groups is 3. The smallest absolute Gasteiger partial charge is 0.328 e. The summed E-state index contributed by atoms with van der Waals surface area (Å²) in [6, 6.07) is -1.07. The molecule has 1 aliphatic heterocycles. The molecule has 1 aliphatic rings. The van der Waals surface area contributed by atoms with E-state index in [9.17, 15) is 14.4 Å². The number of amides is 2. The molecule has 102 valence electrons. The fraction of sp³-hybridized carbons (Fsp3) is 0.364. The van der Waals surface area contributed by atoms with Crippen LogP contribution in [-0.2, 0) is 9.59 Å². The normalized spacial score (nSPS) is 19.2. The Balaban J connectivity index is 2.31. The molecule has 1 unspecified atom stereocenters. The molecule has 2 rings (SSSR count). The van der Waals surface area contributed by atoms with Crippen LogP contribution in [0.1, 0.15) is 15.2 Å². The standard InChI is InChI=1S/C11H11ClN2O4S/c1-5-4-19-9(8(5)12)10(16)14-3-7(15)13-2-6(14)11(17)18/h4,6H,2-3H2,1H3,(H,13,15)(H,17,18). The number of piperazine rings is 1. The van der Waals surface area contributed by atoms with Crippen LogP contribution in [0.3, 0.4) is 0 Å². The van der Waals surface area contributed by atoms with E-state index in [1.807, 2.05) is 0 Å². The Morgan fingerprint density at radius 2 is 2.26 bits per heavy atom. The molecule has 1 saturated heterocycles. The van der Waals surface area contributed by atoms with Gasteiger partial charge in [0.2, 0.25) is 5.91 Å². The molecule has 0 aromatic carbocycles. The van der Waals surface area contributed by atoms with Gasteiger partial charge >= 0.3 is 5.97 Å². The molecule has 19 heavy (non-hydrogen) atoms. The highest BCUT2D eigenvalue weighted by Crippen LogP contribution is 2.29. The summed E-state index contributed by atoms with van der Waals surface area (Å²) in [5.74, 6) is -2.06. The highest BCUT2D eigenvalue weighted by Gasteiger charge is 2.36. The third kappa shape index (κ3) is 2.57. The van der Waals surface area contributed by atoms with Crippen molar-refractivity contribution < 1.29 is 19.5 Å². The summed E-state index contributed by atoms with van der Waals surface area (Å²) in [5.41, 5.74) is 0.753. The zero-order valence-corrected chi connectivity index (χ0v) is 11.5. The molecule has 2 amide bonds. The summed E-state index contributed by atoms with van der Waals surface area (Å²) >= 11 is 7.15. The number of hydrogen-bond acceptors (Lipinski definition) is 4. The maximum Gasteiger partial charge on any atom is 0.328 e. The molecular weight excluding hydrogens is 292 g/mol. The van der Waals surface area contributed by atoms with Gasteiger partial charge in [-0.1, -0.05) is 11.6 Å². The van der Waals surface area contributed by atoms with Crippen molar-refractivity contribution >= 4 is 40.7 Å². The number of carboxylic acid groups (broad SMARTS) is 1. The summed E-state index contributed by atoms with van der Waals surface area (Å²) in [4.78, 5) is 36.1. The van der Waals surface area contributed by atoms with Gasteiger partial charge in [-0.25, -0.2) is 4.79 Å². The van der Waals surface area contributed by atoms with Crippen LogP contribution >= 0.6 is 22.9 Å². The zero-order chi connectivity index (χ0) is 14.2. The van der Waals surface area contributed by atoms with E-state index >= 15 is 0 Å². The van der Waals surface area contributed by atoms with E-state index in [0.29, 0.717) is 5.02 Å². The summed E-state index contributed by atoms with van der Waals surface area (Å²) in [5, 5.41) is 13.5. The second kappa shape index (κ2) is 5.18. The first-order valence-corrected chi connectivity index (χ1v) is 6.71. The number of aliphatic carboxylic acids is 1. The fourth-order valence-corrected chi connectivity index (χ4v) is 3.01. The first-order chi connectivity index (χ1) is 8.91. The lowest BCUT2D eigenvalue weighted by atomic mass is 10.1. The minimum atomic E-state index is -1.15. The SMILES string of the molecule is Cc1csc(C(=O)N2CC(=O)NCC2C(=O)O)c1Cl. The van der Waals surface area contributed by atoms with E-state index < -0.39 is 17.9 Å². The van der Waals surface area contributed by atoms with Crippen molar-refractivity contribution in [1.29, 1.82) is 0 Å². The largest absolute Gasteiger partial charge is 0.480 e. The molecule has 0 spiro atoms. The van der Waals surface area contributed by atoms with Gasteiger partial charge in [0.1, 0.15) is 17.5 Å². The number of hydrogen-bond donors (Lipinski definition) is 2. The lowest BCUT2D eigenvalue weighted by Crippen LogP contribution is -2.59. The van der Waals surface area contributed by atoms with Crippen molar-refractivity contribution in [2.45, 2.75) is 13.0 Å². The minimum absolute atomic E-state index is 0.0954. The van der Waals surface area contributed by atoms with E-state index in [1.54, 1.807) is 12.3 Å². The zero-order valence-electron chi connectivity index (χ0n) is 9.97. The Labute approximate surface area is 118 Å². The number of nitrogens with one attached hydrogen (secondary N) is 1. The van der Waals surface area contributed by atoms with Gasteiger partial charge in [0.05, 0.1) is 5.02 Å². The van der Waals surface area contributed by atoms with Gasteiger partial charge in [0.25, 0.3) is 5.91 Å². The number of nitrogens with zero attached hydrogens (tertiary/aromatic N) is 1. The molecule has 0 bridgehead atoms. The predicted octanol–water partition coefficient (Wildman–Crippen LogP) is 0.735. The third-order valence-electron chi connectivity index (χ3n) is 2.82. The first-order valence-electron chi connectivity index (χ1n) is 5.46. The van der Waals surface area contributed by atoms with E-state index in [4.69, 9.17) is 16.7 Å². The predicted molar refractivity (Wildman–Crippen MR) is 69.5 cm³/mol. The quantitative estimate of drug-likeness (QED) is 0.843. The van der Waals surface area contributed by atoms with Crippen molar-refractivity contribution in [2.24, 2.45) is 0 Å². The van der Waals surface area contributed by atoms with Crippen molar-refractivity contribution in [3.63, 3.8) is 0 Å². The molecule has 2 N–H and O–H groups in total. The van der Waals surface area contributed by atoms with Crippen LogP contribution in [0.5, 0.6) is 0 Å². The van der Waals surface area contributed by atoms with E-state index in [1.165, 1.54) is 0 Å². The maximum atomic E-state index is 12.3. The molecule has 0 radical (unpaired) electrons. The molecule has 1 aromatic rings. The second-order valence-electron chi connectivity index (χ2n) is 4.15. The van der Waals surface area contributed by atoms with Crippen molar-refractivity contribution in [2.75, 3.05) is 13.1 Å². The van der Waals surface area contributed by atoms with Gasteiger partial charge in [-0.2, -0.15) is 0 Å². The molecule has 1 atom stereocenters. The average Bonchev–Trinajstić information content (AvgIpc) is 2.68. The minimum Gasteiger partial charge on any atom is -0.480 e. The van der Waals surface area contributed by atoms with Crippen LogP contribution in [-0.4, -0.2) is 46.9 Å².